The largest absolute Gasteiger partial charge is 0.352 e. The van der Waals surface area contributed by atoms with Crippen molar-refractivity contribution in [2.75, 3.05) is 11.3 Å². The zero-order valence-electron chi connectivity index (χ0n) is 12.7. The number of amides is 1. The molecule has 9 heteroatoms. The Morgan fingerprint density at radius 1 is 1.12 bits per heavy atom. The minimum absolute atomic E-state index is 0.127. The topological polar surface area (TPSA) is 118 Å². The average molecular weight is 349 g/mol. The van der Waals surface area contributed by atoms with Crippen LogP contribution in [0.15, 0.2) is 53.4 Å². The number of nitrogens with one attached hydrogen (secondary N) is 2. The van der Waals surface area contributed by atoms with Gasteiger partial charge in [0.05, 0.1) is 21.1 Å². The summed E-state index contributed by atoms with van der Waals surface area (Å²) >= 11 is 0. The standard InChI is InChI=1S/C15H15N3O5S/c1-2-16-15(19)13-5-3-4-6-14(13)17-24(22,23)12-9-7-11(8-10-12)18(20)21/h3-10,17H,2H2,1H3,(H,16,19). The van der Waals surface area contributed by atoms with Crippen molar-refractivity contribution in [3.8, 4) is 0 Å². The van der Waals surface area contributed by atoms with Gasteiger partial charge in [-0.2, -0.15) is 0 Å². The minimum atomic E-state index is -3.98. The van der Waals surface area contributed by atoms with Crippen molar-refractivity contribution in [3.05, 3.63) is 64.2 Å². The molecule has 8 nitrogen and oxygen atoms in total. The molecule has 126 valence electrons. The van der Waals surface area contributed by atoms with E-state index in [-0.39, 0.29) is 21.8 Å². The lowest BCUT2D eigenvalue weighted by Crippen LogP contribution is -2.24. The van der Waals surface area contributed by atoms with Gasteiger partial charge < -0.3 is 5.32 Å². The van der Waals surface area contributed by atoms with Crippen LogP contribution < -0.4 is 10.0 Å². The van der Waals surface area contributed by atoms with Gasteiger partial charge in [-0.05, 0) is 31.2 Å². The number of benzene rings is 2. The van der Waals surface area contributed by atoms with E-state index in [0.29, 0.717) is 6.54 Å². The molecule has 2 rings (SSSR count). The van der Waals surface area contributed by atoms with Gasteiger partial charge in [-0.1, -0.05) is 12.1 Å². The summed E-state index contributed by atoms with van der Waals surface area (Å²) in [6, 6.07) is 10.6. The molecular formula is C15H15N3O5S. The maximum absolute atomic E-state index is 12.4. The molecule has 0 aliphatic heterocycles. The number of non-ortho nitro benzene ring substituents is 1. The fraction of sp³-hybridized carbons (Fsp3) is 0.133. The van der Waals surface area contributed by atoms with Gasteiger partial charge in [0.2, 0.25) is 0 Å². The third kappa shape index (κ3) is 3.87. The van der Waals surface area contributed by atoms with Gasteiger partial charge in [-0.15, -0.1) is 0 Å². The van der Waals surface area contributed by atoms with Gasteiger partial charge in [0.15, 0.2) is 0 Å². The summed E-state index contributed by atoms with van der Waals surface area (Å²) < 4.78 is 27.1. The van der Waals surface area contributed by atoms with Crippen LogP contribution in [0.5, 0.6) is 0 Å². The van der Waals surface area contributed by atoms with Crippen LogP contribution in [0.25, 0.3) is 0 Å². The highest BCUT2D eigenvalue weighted by atomic mass is 32.2. The molecular weight excluding hydrogens is 334 g/mol. The van der Waals surface area contributed by atoms with E-state index in [1.165, 1.54) is 12.1 Å². The molecule has 0 atom stereocenters. The normalized spacial score (nSPS) is 10.9. The molecule has 2 N–H and O–H groups in total. The Labute approximate surface area is 138 Å². The number of nitro groups is 1. The van der Waals surface area contributed by atoms with Crippen LogP contribution in [0.1, 0.15) is 17.3 Å². The average Bonchev–Trinajstić information content (AvgIpc) is 2.55. The van der Waals surface area contributed by atoms with Gasteiger partial charge in [0.25, 0.3) is 21.6 Å². The molecule has 0 aromatic heterocycles. The molecule has 1 amide bonds. The first kappa shape index (κ1) is 17.4. The molecule has 0 unspecified atom stereocenters. The molecule has 0 radical (unpaired) electrons. The van der Waals surface area contributed by atoms with E-state index in [2.05, 4.69) is 10.0 Å². The highest BCUT2D eigenvalue weighted by molar-refractivity contribution is 7.92. The summed E-state index contributed by atoms with van der Waals surface area (Å²) in [6.45, 7) is 2.16. The maximum atomic E-state index is 12.4. The molecule has 0 bridgehead atoms. The molecule has 24 heavy (non-hydrogen) atoms. The lowest BCUT2D eigenvalue weighted by atomic mass is 10.2. The number of rotatable bonds is 6. The van der Waals surface area contributed by atoms with Crippen molar-refractivity contribution in [2.45, 2.75) is 11.8 Å². The molecule has 0 saturated heterocycles. The lowest BCUT2D eigenvalue weighted by molar-refractivity contribution is -0.384. The molecule has 0 aliphatic carbocycles. The van der Waals surface area contributed by atoms with E-state index in [0.717, 1.165) is 24.3 Å². The summed E-state index contributed by atoms with van der Waals surface area (Å²) in [7, 11) is -3.98. The quantitative estimate of drug-likeness (QED) is 0.612. The van der Waals surface area contributed by atoms with Crippen LogP contribution >= 0.6 is 0 Å². The first-order chi connectivity index (χ1) is 11.3. The SMILES string of the molecule is CCNC(=O)c1ccccc1NS(=O)(=O)c1ccc([N+](=O)[O-])cc1. The second kappa shape index (κ2) is 7.09. The van der Waals surface area contributed by atoms with Crippen LogP contribution in [0.3, 0.4) is 0 Å². The highest BCUT2D eigenvalue weighted by Crippen LogP contribution is 2.21. The van der Waals surface area contributed by atoms with E-state index in [1.807, 2.05) is 0 Å². The van der Waals surface area contributed by atoms with Gasteiger partial charge in [0, 0.05) is 18.7 Å². The number of carbonyl (C=O) groups excluding carboxylic acids is 1. The van der Waals surface area contributed by atoms with E-state index < -0.39 is 20.9 Å². The molecule has 0 aliphatic rings. The highest BCUT2D eigenvalue weighted by Gasteiger charge is 2.19. The molecule has 0 saturated carbocycles. The van der Waals surface area contributed by atoms with Crippen molar-refractivity contribution < 1.29 is 18.1 Å². The van der Waals surface area contributed by atoms with Crippen molar-refractivity contribution in [3.63, 3.8) is 0 Å². The Kier molecular flexibility index (Phi) is 5.14. The minimum Gasteiger partial charge on any atom is -0.352 e. The Morgan fingerprint density at radius 2 is 1.75 bits per heavy atom. The number of para-hydroxylation sites is 1. The number of sulfonamides is 1. The van der Waals surface area contributed by atoms with Gasteiger partial charge in [0.1, 0.15) is 0 Å². The van der Waals surface area contributed by atoms with E-state index >= 15 is 0 Å². The number of carbonyl (C=O) groups is 1. The van der Waals surface area contributed by atoms with Crippen LogP contribution in [0.4, 0.5) is 11.4 Å². The molecule has 0 fully saturated rings. The van der Waals surface area contributed by atoms with Crippen LogP contribution in [-0.2, 0) is 10.0 Å². The van der Waals surface area contributed by atoms with E-state index in [9.17, 15) is 23.3 Å². The molecule has 2 aromatic carbocycles. The van der Waals surface area contributed by atoms with Crippen molar-refractivity contribution in [2.24, 2.45) is 0 Å². The zero-order valence-corrected chi connectivity index (χ0v) is 13.5. The van der Waals surface area contributed by atoms with Gasteiger partial charge >= 0.3 is 0 Å². The third-order valence-electron chi connectivity index (χ3n) is 3.11. The third-order valence-corrected chi connectivity index (χ3v) is 4.49. The second-order valence-electron chi connectivity index (χ2n) is 4.76. The van der Waals surface area contributed by atoms with Crippen molar-refractivity contribution in [1.82, 2.24) is 5.32 Å². The fourth-order valence-corrected chi connectivity index (χ4v) is 3.06. The number of nitro benzene ring substituents is 1. The maximum Gasteiger partial charge on any atom is 0.269 e. The summed E-state index contributed by atoms with van der Waals surface area (Å²) in [5, 5.41) is 13.2. The summed E-state index contributed by atoms with van der Waals surface area (Å²) in [5.41, 5.74) is 0.100. The Morgan fingerprint density at radius 3 is 2.33 bits per heavy atom. The monoisotopic (exact) mass is 349 g/mol. The zero-order chi connectivity index (χ0) is 17.7. The van der Waals surface area contributed by atoms with Crippen molar-refractivity contribution in [1.29, 1.82) is 0 Å². The van der Waals surface area contributed by atoms with Crippen LogP contribution in [0, 0.1) is 10.1 Å². The van der Waals surface area contributed by atoms with Crippen molar-refractivity contribution >= 4 is 27.3 Å². The first-order valence-corrected chi connectivity index (χ1v) is 8.48. The number of hydrogen-bond acceptors (Lipinski definition) is 5. The number of anilines is 1. The Hall–Kier alpha value is -2.94. The predicted octanol–water partition coefficient (Wildman–Crippen LogP) is 2.15. The molecule has 2 aromatic rings. The number of hydrogen-bond donors (Lipinski definition) is 2. The fourth-order valence-electron chi connectivity index (χ4n) is 1.98. The lowest BCUT2D eigenvalue weighted by Gasteiger charge is -2.12. The Balaban J connectivity index is 2.33. The van der Waals surface area contributed by atoms with Gasteiger partial charge in [-0.3, -0.25) is 19.6 Å². The van der Waals surface area contributed by atoms with Crippen LogP contribution in [0.2, 0.25) is 0 Å². The first-order valence-electron chi connectivity index (χ1n) is 6.99. The van der Waals surface area contributed by atoms with Gasteiger partial charge in [-0.25, -0.2) is 8.42 Å². The van der Waals surface area contributed by atoms with E-state index in [1.54, 1.807) is 19.1 Å². The predicted molar refractivity (Wildman–Crippen MR) is 88.4 cm³/mol. The smallest absolute Gasteiger partial charge is 0.269 e. The molecule has 0 spiro atoms. The summed E-state index contributed by atoms with van der Waals surface area (Å²) in [4.78, 5) is 21.9. The second-order valence-corrected chi connectivity index (χ2v) is 6.44. The Bertz CT molecular complexity index is 863. The molecule has 0 heterocycles. The van der Waals surface area contributed by atoms with Crippen LogP contribution in [-0.4, -0.2) is 25.8 Å². The van der Waals surface area contributed by atoms with E-state index in [4.69, 9.17) is 0 Å². The number of nitrogens with zero attached hydrogens (tertiary/aromatic N) is 1. The summed E-state index contributed by atoms with van der Waals surface area (Å²) in [5.74, 6) is -0.403. The summed E-state index contributed by atoms with van der Waals surface area (Å²) in [6.07, 6.45) is 0.